The summed E-state index contributed by atoms with van der Waals surface area (Å²) in [6.07, 6.45) is 6.27. The first-order chi connectivity index (χ1) is 13.6. The third-order valence-electron chi connectivity index (χ3n) is 5.96. The summed E-state index contributed by atoms with van der Waals surface area (Å²) in [4.78, 5) is 33.7. The Hall–Kier alpha value is -2.47. The van der Waals surface area contributed by atoms with Gasteiger partial charge in [-0.1, -0.05) is 30.3 Å². The zero-order valence-electron chi connectivity index (χ0n) is 16.0. The molecule has 0 unspecified atom stereocenters. The lowest BCUT2D eigenvalue weighted by molar-refractivity contribution is 0.0435. The van der Waals surface area contributed by atoms with Gasteiger partial charge in [-0.25, -0.2) is 4.98 Å². The van der Waals surface area contributed by atoms with Gasteiger partial charge in [0.25, 0.3) is 11.5 Å². The maximum atomic E-state index is 12.7. The number of benzene rings is 1. The number of hydrogen-bond donors (Lipinski definition) is 2. The van der Waals surface area contributed by atoms with Crippen LogP contribution in [0.5, 0.6) is 0 Å². The van der Waals surface area contributed by atoms with Crippen molar-refractivity contribution in [3.05, 3.63) is 63.8 Å². The highest BCUT2D eigenvalue weighted by molar-refractivity contribution is 5.93. The van der Waals surface area contributed by atoms with E-state index in [2.05, 4.69) is 22.1 Å². The quantitative estimate of drug-likeness (QED) is 0.805. The standard InChI is InChI=1S/C22H27N3O3/c26-19(9-6-15-4-2-1-3-5-15)16-10-12-25(13-11-16)22(28)18-14-23-20(17-7-8-17)24-21(18)27/h1-5,14,16-17,19,26H,6-13H2,(H,23,24,27)/t19-/m1/s1. The number of aromatic amines is 1. The Morgan fingerprint density at radius 1 is 1.18 bits per heavy atom. The maximum Gasteiger partial charge on any atom is 0.263 e. The molecule has 6 nitrogen and oxygen atoms in total. The van der Waals surface area contributed by atoms with Crippen LogP contribution in [0.25, 0.3) is 0 Å². The summed E-state index contributed by atoms with van der Waals surface area (Å²) in [5.74, 6) is 0.988. The number of carbonyl (C=O) groups excluding carboxylic acids is 1. The third-order valence-corrected chi connectivity index (χ3v) is 5.96. The fraction of sp³-hybridized carbons (Fsp3) is 0.500. The number of aliphatic hydroxyl groups is 1. The summed E-state index contributed by atoms with van der Waals surface area (Å²) in [5, 5.41) is 10.5. The number of nitrogens with zero attached hydrogens (tertiary/aromatic N) is 2. The molecule has 1 amide bonds. The second kappa shape index (κ2) is 8.27. The van der Waals surface area contributed by atoms with Crippen LogP contribution in [-0.4, -0.2) is 45.1 Å². The van der Waals surface area contributed by atoms with E-state index in [0.717, 1.165) is 38.5 Å². The first-order valence-corrected chi connectivity index (χ1v) is 10.2. The van der Waals surface area contributed by atoms with Crippen molar-refractivity contribution in [3.63, 3.8) is 0 Å². The lowest BCUT2D eigenvalue weighted by Crippen LogP contribution is -2.43. The van der Waals surface area contributed by atoms with E-state index in [4.69, 9.17) is 0 Å². The highest BCUT2D eigenvalue weighted by Gasteiger charge is 2.30. The van der Waals surface area contributed by atoms with Gasteiger partial charge in [0.1, 0.15) is 11.4 Å². The van der Waals surface area contributed by atoms with E-state index in [9.17, 15) is 14.7 Å². The number of piperidine rings is 1. The molecule has 1 atom stereocenters. The number of aryl methyl sites for hydroxylation is 1. The molecule has 6 heteroatoms. The number of nitrogens with one attached hydrogen (secondary N) is 1. The molecule has 28 heavy (non-hydrogen) atoms. The number of amides is 1. The molecule has 1 saturated heterocycles. The van der Waals surface area contributed by atoms with Gasteiger partial charge in [-0.05, 0) is 50.0 Å². The maximum absolute atomic E-state index is 12.7. The van der Waals surface area contributed by atoms with Crippen molar-refractivity contribution in [1.29, 1.82) is 0 Å². The van der Waals surface area contributed by atoms with Crippen molar-refractivity contribution in [1.82, 2.24) is 14.9 Å². The van der Waals surface area contributed by atoms with Crippen LogP contribution in [0.15, 0.2) is 41.3 Å². The van der Waals surface area contributed by atoms with Crippen LogP contribution in [0.1, 0.15) is 59.8 Å². The molecule has 2 aliphatic rings. The number of aromatic nitrogens is 2. The van der Waals surface area contributed by atoms with Gasteiger partial charge in [-0.2, -0.15) is 0 Å². The van der Waals surface area contributed by atoms with Crippen LogP contribution in [0.4, 0.5) is 0 Å². The average molecular weight is 381 g/mol. The Kier molecular flexibility index (Phi) is 5.57. The summed E-state index contributed by atoms with van der Waals surface area (Å²) >= 11 is 0. The van der Waals surface area contributed by atoms with Crippen LogP contribution < -0.4 is 5.56 Å². The Morgan fingerprint density at radius 3 is 2.54 bits per heavy atom. The zero-order valence-corrected chi connectivity index (χ0v) is 16.0. The molecule has 1 aromatic heterocycles. The van der Waals surface area contributed by atoms with Crippen molar-refractivity contribution >= 4 is 5.91 Å². The van der Waals surface area contributed by atoms with Gasteiger partial charge in [0.2, 0.25) is 0 Å². The lowest BCUT2D eigenvalue weighted by Gasteiger charge is -2.34. The van der Waals surface area contributed by atoms with E-state index in [1.165, 1.54) is 11.8 Å². The molecule has 2 N–H and O–H groups in total. The minimum absolute atomic E-state index is 0.118. The van der Waals surface area contributed by atoms with Crippen LogP contribution >= 0.6 is 0 Å². The molecule has 1 saturated carbocycles. The highest BCUT2D eigenvalue weighted by atomic mass is 16.3. The molecule has 0 spiro atoms. The third kappa shape index (κ3) is 4.33. The molecule has 1 aliphatic heterocycles. The van der Waals surface area contributed by atoms with Crippen molar-refractivity contribution < 1.29 is 9.90 Å². The largest absolute Gasteiger partial charge is 0.393 e. The molecule has 1 aromatic carbocycles. The van der Waals surface area contributed by atoms with Crippen molar-refractivity contribution in [2.75, 3.05) is 13.1 Å². The smallest absolute Gasteiger partial charge is 0.263 e. The normalized spacial score (nSPS) is 18.8. The molecule has 0 bridgehead atoms. The molecular weight excluding hydrogens is 354 g/mol. The van der Waals surface area contributed by atoms with Crippen LogP contribution in [0, 0.1) is 5.92 Å². The second-order valence-corrected chi connectivity index (χ2v) is 8.01. The second-order valence-electron chi connectivity index (χ2n) is 8.01. The Bertz CT molecular complexity index is 868. The molecule has 1 aliphatic carbocycles. The predicted molar refractivity (Wildman–Crippen MR) is 106 cm³/mol. The van der Waals surface area contributed by atoms with Crippen LogP contribution in [0.3, 0.4) is 0 Å². The number of carbonyl (C=O) groups is 1. The number of hydrogen-bond acceptors (Lipinski definition) is 4. The van der Waals surface area contributed by atoms with Gasteiger partial charge >= 0.3 is 0 Å². The van der Waals surface area contributed by atoms with Gasteiger partial charge < -0.3 is 15.0 Å². The number of likely N-dealkylation sites (tertiary alicyclic amines) is 1. The average Bonchev–Trinajstić information content (AvgIpc) is 3.58. The van der Waals surface area contributed by atoms with Crippen molar-refractivity contribution in [2.45, 2.75) is 50.5 Å². The SMILES string of the molecule is O=C(c1cnc(C2CC2)[nH]c1=O)N1CCC([C@H](O)CCc2ccccc2)CC1. The van der Waals surface area contributed by atoms with E-state index in [1.54, 1.807) is 4.90 Å². The van der Waals surface area contributed by atoms with Gasteiger partial charge in [-0.15, -0.1) is 0 Å². The van der Waals surface area contributed by atoms with E-state index in [0.29, 0.717) is 24.8 Å². The summed E-state index contributed by atoms with van der Waals surface area (Å²) < 4.78 is 0. The molecule has 2 fully saturated rings. The number of H-pyrrole nitrogens is 1. The summed E-state index contributed by atoms with van der Waals surface area (Å²) in [6.45, 7) is 1.13. The van der Waals surface area contributed by atoms with Gasteiger partial charge in [0.05, 0.1) is 6.10 Å². The predicted octanol–water partition coefficient (Wildman–Crippen LogP) is 2.49. The minimum atomic E-state index is -0.361. The summed E-state index contributed by atoms with van der Waals surface area (Å²) in [5.41, 5.74) is 1.01. The summed E-state index contributed by atoms with van der Waals surface area (Å²) in [7, 11) is 0. The summed E-state index contributed by atoms with van der Waals surface area (Å²) in [6, 6.07) is 10.2. The molecule has 2 aromatic rings. The Balaban J connectivity index is 1.29. The van der Waals surface area contributed by atoms with E-state index < -0.39 is 0 Å². The van der Waals surface area contributed by atoms with E-state index in [1.807, 2.05) is 18.2 Å². The first kappa shape index (κ1) is 18.9. The molecule has 0 radical (unpaired) electrons. The van der Waals surface area contributed by atoms with Crippen LogP contribution in [0.2, 0.25) is 0 Å². The zero-order chi connectivity index (χ0) is 19.5. The fourth-order valence-corrected chi connectivity index (χ4v) is 3.98. The highest BCUT2D eigenvalue weighted by Crippen LogP contribution is 2.37. The monoisotopic (exact) mass is 381 g/mol. The van der Waals surface area contributed by atoms with Crippen molar-refractivity contribution in [2.24, 2.45) is 5.92 Å². The lowest BCUT2D eigenvalue weighted by atomic mass is 9.88. The topological polar surface area (TPSA) is 86.3 Å². The minimum Gasteiger partial charge on any atom is -0.393 e. The fourth-order valence-electron chi connectivity index (χ4n) is 3.98. The number of rotatable bonds is 6. The van der Waals surface area contributed by atoms with E-state index >= 15 is 0 Å². The van der Waals surface area contributed by atoms with Crippen molar-refractivity contribution in [3.8, 4) is 0 Å². The van der Waals surface area contributed by atoms with Gasteiger partial charge in [0.15, 0.2) is 0 Å². The van der Waals surface area contributed by atoms with Gasteiger partial charge in [0, 0.05) is 25.2 Å². The van der Waals surface area contributed by atoms with Crippen LogP contribution in [-0.2, 0) is 6.42 Å². The Morgan fingerprint density at radius 2 is 1.89 bits per heavy atom. The molecular formula is C22H27N3O3. The molecule has 4 rings (SSSR count). The van der Waals surface area contributed by atoms with E-state index in [-0.39, 0.29) is 29.1 Å². The molecule has 148 valence electrons. The first-order valence-electron chi connectivity index (χ1n) is 10.2. The van der Waals surface area contributed by atoms with Gasteiger partial charge in [-0.3, -0.25) is 9.59 Å². The Labute approximate surface area is 164 Å². The number of aliphatic hydroxyl groups excluding tert-OH is 1. The molecule has 2 heterocycles.